The number of hydrogen-bond donors (Lipinski definition) is 1. The molecule has 0 aliphatic carbocycles. The number of aliphatic hydroxyl groups is 1. The van der Waals surface area contributed by atoms with Crippen LogP contribution in [0.2, 0.25) is 0 Å². The molecule has 5 nitrogen and oxygen atoms in total. The summed E-state index contributed by atoms with van der Waals surface area (Å²) in [5, 5.41) is 9.32. The Morgan fingerprint density at radius 3 is 2.63 bits per heavy atom. The zero-order chi connectivity index (χ0) is 13.9. The van der Waals surface area contributed by atoms with Crippen LogP contribution in [-0.2, 0) is 20.5 Å². The van der Waals surface area contributed by atoms with Crippen LogP contribution in [-0.4, -0.2) is 50.2 Å². The summed E-state index contributed by atoms with van der Waals surface area (Å²) in [4.78, 5) is 0. The van der Waals surface area contributed by atoms with Gasteiger partial charge in [-0.2, -0.15) is 4.31 Å². The van der Waals surface area contributed by atoms with Gasteiger partial charge < -0.3 is 9.84 Å². The van der Waals surface area contributed by atoms with Gasteiger partial charge in [0.2, 0.25) is 10.0 Å². The highest BCUT2D eigenvalue weighted by molar-refractivity contribution is 7.88. The second-order valence-electron chi connectivity index (χ2n) is 4.74. The van der Waals surface area contributed by atoms with Gasteiger partial charge in [-0.05, 0) is 12.0 Å². The Morgan fingerprint density at radius 2 is 2.05 bits per heavy atom. The molecule has 1 heterocycles. The molecule has 1 saturated heterocycles. The van der Waals surface area contributed by atoms with Gasteiger partial charge in [-0.1, -0.05) is 30.3 Å². The van der Waals surface area contributed by atoms with E-state index in [1.165, 1.54) is 4.31 Å². The van der Waals surface area contributed by atoms with Crippen LogP contribution in [0.4, 0.5) is 0 Å². The minimum atomic E-state index is -3.42. The Hall–Kier alpha value is -0.950. The summed E-state index contributed by atoms with van der Waals surface area (Å²) in [5.41, 5.74) is 0.750. The van der Waals surface area contributed by atoms with Crippen molar-refractivity contribution in [2.75, 3.05) is 20.3 Å². The van der Waals surface area contributed by atoms with E-state index in [9.17, 15) is 13.5 Å². The highest BCUT2D eigenvalue weighted by Crippen LogP contribution is 2.25. The van der Waals surface area contributed by atoms with Crippen LogP contribution >= 0.6 is 0 Å². The molecule has 0 radical (unpaired) electrons. The zero-order valence-corrected chi connectivity index (χ0v) is 11.7. The van der Waals surface area contributed by atoms with E-state index in [-0.39, 0.29) is 24.5 Å². The molecular weight excluding hydrogens is 266 g/mol. The van der Waals surface area contributed by atoms with Gasteiger partial charge in [0.25, 0.3) is 0 Å². The number of ether oxygens (including phenoxy) is 1. The Balaban J connectivity index is 2.15. The molecule has 1 N–H and O–H groups in total. The van der Waals surface area contributed by atoms with Gasteiger partial charge in [0, 0.05) is 13.7 Å². The SMILES string of the molecule is CO[C@@H]1C[C@@H](CO)N(S(=O)(=O)Cc2ccccc2)C1. The van der Waals surface area contributed by atoms with Crippen LogP contribution in [0.5, 0.6) is 0 Å². The first-order valence-electron chi connectivity index (χ1n) is 6.24. The molecule has 1 aliphatic heterocycles. The highest BCUT2D eigenvalue weighted by Gasteiger charge is 2.39. The van der Waals surface area contributed by atoms with E-state index in [0.717, 1.165) is 5.56 Å². The number of rotatable bonds is 5. The zero-order valence-electron chi connectivity index (χ0n) is 10.9. The lowest BCUT2D eigenvalue weighted by atomic mass is 10.2. The van der Waals surface area contributed by atoms with Crippen molar-refractivity contribution in [2.45, 2.75) is 24.3 Å². The van der Waals surface area contributed by atoms with E-state index in [2.05, 4.69) is 0 Å². The lowest BCUT2D eigenvalue weighted by Crippen LogP contribution is -2.38. The summed E-state index contributed by atoms with van der Waals surface area (Å²) in [6.45, 7) is 0.144. The maximum atomic E-state index is 12.4. The molecule has 6 heteroatoms. The minimum absolute atomic E-state index is 0.0409. The Kier molecular flexibility index (Phi) is 4.57. The van der Waals surface area contributed by atoms with Gasteiger partial charge >= 0.3 is 0 Å². The van der Waals surface area contributed by atoms with Crippen molar-refractivity contribution in [1.29, 1.82) is 0 Å². The summed E-state index contributed by atoms with van der Waals surface area (Å²) >= 11 is 0. The molecule has 1 fully saturated rings. The Morgan fingerprint density at radius 1 is 1.37 bits per heavy atom. The van der Waals surface area contributed by atoms with Gasteiger partial charge in [0.15, 0.2) is 0 Å². The molecule has 1 aliphatic rings. The van der Waals surface area contributed by atoms with Crippen molar-refractivity contribution in [3.63, 3.8) is 0 Å². The number of methoxy groups -OCH3 is 1. The molecule has 0 saturated carbocycles. The molecule has 0 spiro atoms. The first kappa shape index (κ1) is 14.5. The molecule has 19 heavy (non-hydrogen) atoms. The average molecular weight is 285 g/mol. The van der Waals surface area contributed by atoms with E-state index in [0.29, 0.717) is 13.0 Å². The molecule has 0 unspecified atom stereocenters. The van der Waals surface area contributed by atoms with Gasteiger partial charge in [0.1, 0.15) is 0 Å². The third kappa shape index (κ3) is 3.33. The molecule has 0 aromatic heterocycles. The van der Waals surface area contributed by atoms with Gasteiger partial charge in [0.05, 0.1) is 24.5 Å². The number of nitrogens with zero attached hydrogens (tertiary/aromatic N) is 1. The third-order valence-electron chi connectivity index (χ3n) is 3.42. The summed E-state index contributed by atoms with van der Waals surface area (Å²) in [7, 11) is -1.86. The first-order valence-corrected chi connectivity index (χ1v) is 7.85. The van der Waals surface area contributed by atoms with Crippen molar-refractivity contribution in [3.05, 3.63) is 35.9 Å². The fourth-order valence-corrected chi connectivity index (χ4v) is 4.17. The summed E-state index contributed by atoms with van der Waals surface area (Å²) in [5.74, 6) is -0.0409. The van der Waals surface area contributed by atoms with Crippen LogP contribution in [0, 0.1) is 0 Å². The second kappa shape index (κ2) is 6.00. The number of benzene rings is 1. The quantitative estimate of drug-likeness (QED) is 0.860. The first-order chi connectivity index (χ1) is 9.06. The molecule has 0 bridgehead atoms. The van der Waals surface area contributed by atoms with Crippen LogP contribution in [0.3, 0.4) is 0 Å². The van der Waals surface area contributed by atoms with Crippen LogP contribution in [0.15, 0.2) is 30.3 Å². The van der Waals surface area contributed by atoms with E-state index < -0.39 is 10.0 Å². The van der Waals surface area contributed by atoms with Gasteiger partial charge in [-0.3, -0.25) is 0 Å². The van der Waals surface area contributed by atoms with Crippen molar-refractivity contribution < 1.29 is 18.3 Å². The maximum absolute atomic E-state index is 12.4. The normalized spacial score (nSPS) is 24.7. The highest BCUT2D eigenvalue weighted by atomic mass is 32.2. The smallest absolute Gasteiger partial charge is 0.218 e. The number of hydrogen-bond acceptors (Lipinski definition) is 4. The molecule has 1 aromatic rings. The molecular formula is C13H19NO4S. The average Bonchev–Trinajstić information content (AvgIpc) is 2.83. The van der Waals surface area contributed by atoms with Crippen molar-refractivity contribution in [2.24, 2.45) is 0 Å². The van der Waals surface area contributed by atoms with E-state index in [1.54, 1.807) is 19.2 Å². The summed E-state index contributed by atoms with van der Waals surface area (Å²) in [6.07, 6.45) is 0.406. The van der Waals surface area contributed by atoms with E-state index >= 15 is 0 Å². The summed E-state index contributed by atoms with van der Waals surface area (Å²) < 4.78 is 31.4. The van der Waals surface area contributed by atoms with Crippen molar-refractivity contribution >= 4 is 10.0 Å². The van der Waals surface area contributed by atoms with Crippen LogP contribution in [0.25, 0.3) is 0 Å². The fourth-order valence-electron chi connectivity index (χ4n) is 2.39. The Labute approximate surface area is 113 Å². The largest absolute Gasteiger partial charge is 0.395 e. The third-order valence-corrected chi connectivity index (χ3v) is 5.28. The molecule has 1 aromatic carbocycles. The Bertz CT molecular complexity index is 503. The van der Waals surface area contributed by atoms with E-state index in [1.807, 2.05) is 18.2 Å². The molecule has 106 valence electrons. The number of aliphatic hydroxyl groups excluding tert-OH is 1. The maximum Gasteiger partial charge on any atom is 0.218 e. The fraction of sp³-hybridized carbons (Fsp3) is 0.538. The van der Waals surface area contributed by atoms with Gasteiger partial charge in [-0.25, -0.2) is 8.42 Å². The molecule has 0 amide bonds. The lowest BCUT2D eigenvalue weighted by molar-refractivity contribution is 0.113. The summed E-state index contributed by atoms with van der Waals surface area (Å²) in [6, 6.07) is 8.68. The standard InChI is InChI=1S/C13H19NO4S/c1-18-13-7-12(9-15)14(8-13)19(16,17)10-11-5-3-2-4-6-11/h2-6,12-13,15H,7-10H2,1H3/t12-,13+/m0/s1. The monoisotopic (exact) mass is 285 g/mol. The molecule has 2 rings (SSSR count). The second-order valence-corrected chi connectivity index (χ2v) is 6.66. The van der Waals surface area contributed by atoms with Crippen LogP contribution in [0.1, 0.15) is 12.0 Å². The lowest BCUT2D eigenvalue weighted by Gasteiger charge is -2.22. The topological polar surface area (TPSA) is 66.8 Å². The number of sulfonamides is 1. The predicted molar refractivity (Wildman–Crippen MR) is 72.1 cm³/mol. The van der Waals surface area contributed by atoms with E-state index in [4.69, 9.17) is 4.74 Å². The van der Waals surface area contributed by atoms with Gasteiger partial charge in [-0.15, -0.1) is 0 Å². The minimum Gasteiger partial charge on any atom is -0.395 e. The van der Waals surface area contributed by atoms with Crippen LogP contribution < -0.4 is 0 Å². The molecule has 2 atom stereocenters. The van der Waals surface area contributed by atoms with Crippen molar-refractivity contribution in [3.8, 4) is 0 Å². The predicted octanol–water partition coefficient (Wildman–Crippen LogP) is 0.598. The van der Waals surface area contributed by atoms with Crippen molar-refractivity contribution in [1.82, 2.24) is 4.31 Å².